The first-order valence-electron chi connectivity index (χ1n) is 9.35. The van der Waals surface area contributed by atoms with Crippen LogP contribution in [0.5, 0.6) is 0 Å². The van der Waals surface area contributed by atoms with E-state index in [1.54, 1.807) is 18.3 Å². The van der Waals surface area contributed by atoms with Gasteiger partial charge in [-0.1, -0.05) is 12.1 Å². The number of ether oxygens (including phenoxy) is 1. The van der Waals surface area contributed by atoms with Gasteiger partial charge in [0.1, 0.15) is 5.82 Å². The largest absolute Gasteiger partial charge is 0.381 e. The predicted octanol–water partition coefficient (Wildman–Crippen LogP) is 2.01. The smallest absolute Gasteiger partial charge is 0.233 e. The third kappa shape index (κ3) is 3.51. The Morgan fingerprint density at radius 1 is 1.04 bits per heavy atom. The minimum Gasteiger partial charge on any atom is -0.381 e. The number of anilines is 1. The topological polar surface area (TPSA) is 58.6 Å². The molecule has 6 nitrogen and oxygen atoms in total. The standard InChI is InChI=1S/C20H23FN4O2/c21-17-5-3-16(4-6-17)20(7-14-27-15-8-20)19(26)25-12-10-24(11-13-25)18-2-1-9-22-23-18/h1-6,9H,7-8,10-15H2. The molecule has 142 valence electrons. The Morgan fingerprint density at radius 3 is 2.37 bits per heavy atom. The third-order valence-corrected chi connectivity index (χ3v) is 5.60. The van der Waals surface area contributed by atoms with Gasteiger partial charge in [-0.2, -0.15) is 5.10 Å². The van der Waals surface area contributed by atoms with Crippen LogP contribution in [0.4, 0.5) is 10.2 Å². The first-order chi connectivity index (χ1) is 13.2. The molecule has 2 aromatic rings. The highest BCUT2D eigenvalue weighted by atomic mass is 19.1. The molecular formula is C20H23FN4O2. The van der Waals surface area contributed by atoms with Crippen molar-refractivity contribution in [1.82, 2.24) is 15.1 Å². The van der Waals surface area contributed by atoms with Crippen molar-refractivity contribution in [2.75, 3.05) is 44.3 Å². The molecule has 1 amide bonds. The van der Waals surface area contributed by atoms with Gasteiger partial charge < -0.3 is 14.5 Å². The average Bonchev–Trinajstić information content (AvgIpc) is 2.75. The zero-order chi connectivity index (χ0) is 18.7. The molecule has 0 aliphatic carbocycles. The Labute approximate surface area is 157 Å². The number of amides is 1. The van der Waals surface area contributed by atoms with E-state index in [4.69, 9.17) is 4.74 Å². The number of rotatable bonds is 3. The number of carbonyl (C=O) groups excluding carboxylic acids is 1. The summed E-state index contributed by atoms with van der Waals surface area (Å²) in [6, 6.07) is 10.2. The van der Waals surface area contributed by atoms with E-state index in [9.17, 15) is 9.18 Å². The van der Waals surface area contributed by atoms with Crippen molar-refractivity contribution in [3.05, 3.63) is 54.0 Å². The fraction of sp³-hybridized carbons (Fsp3) is 0.450. The fourth-order valence-electron chi connectivity index (χ4n) is 4.02. The molecule has 2 aliphatic rings. The van der Waals surface area contributed by atoms with Gasteiger partial charge in [0.2, 0.25) is 5.91 Å². The summed E-state index contributed by atoms with van der Waals surface area (Å²) >= 11 is 0. The number of hydrogen-bond donors (Lipinski definition) is 0. The lowest BCUT2D eigenvalue weighted by molar-refractivity contribution is -0.141. The SMILES string of the molecule is O=C(N1CCN(c2cccnn2)CC1)C1(c2ccc(F)cc2)CCOCC1. The second-order valence-electron chi connectivity index (χ2n) is 7.06. The van der Waals surface area contributed by atoms with Gasteiger partial charge in [-0.15, -0.1) is 5.10 Å². The van der Waals surface area contributed by atoms with E-state index in [1.165, 1.54) is 12.1 Å². The second-order valence-corrected chi connectivity index (χ2v) is 7.06. The van der Waals surface area contributed by atoms with Gasteiger partial charge in [0.15, 0.2) is 5.82 Å². The molecule has 0 N–H and O–H groups in total. The molecule has 1 aromatic heterocycles. The monoisotopic (exact) mass is 370 g/mol. The molecule has 2 fully saturated rings. The first kappa shape index (κ1) is 17.9. The van der Waals surface area contributed by atoms with Crippen LogP contribution < -0.4 is 4.90 Å². The van der Waals surface area contributed by atoms with Crippen LogP contribution in [0.2, 0.25) is 0 Å². The van der Waals surface area contributed by atoms with E-state index in [0.717, 1.165) is 24.5 Å². The van der Waals surface area contributed by atoms with Gasteiger partial charge in [-0.25, -0.2) is 4.39 Å². The van der Waals surface area contributed by atoms with Gasteiger partial charge in [0.05, 0.1) is 5.41 Å². The fourth-order valence-corrected chi connectivity index (χ4v) is 4.02. The summed E-state index contributed by atoms with van der Waals surface area (Å²) in [4.78, 5) is 17.6. The summed E-state index contributed by atoms with van der Waals surface area (Å²) in [5.74, 6) is 0.672. The van der Waals surface area contributed by atoms with Gasteiger partial charge in [-0.3, -0.25) is 4.79 Å². The van der Waals surface area contributed by atoms with E-state index in [-0.39, 0.29) is 11.7 Å². The summed E-state index contributed by atoms with van der Waals surface area (Å²) < 4.78 is 18.9. The number of aromatic nitrogens is 2. The minimum absolute atomic E-state index is 0.121. The lowest BCUT2D eigenvalue weighted by Gasteiger charge is -2.43. The van der Waals surface area contributed by atoms with Crippen LogP contribution in [0.3, 0.4) is 0 Å². The van der Waals surface area contributed by atoms with E-state index < -0.39 is 5.41 Å². The van der Waals surface area contributed by atoms with Crippen molar-refractivity contribution in [3.8, 4) is 0 Å². The van der Waals surface area contributed by atoms with E-state index in [1.807, 2.05) is 17.0 Å². The predicted molar refractivity (Wildman–Crippen MR) is 99.0 cm³/mol. The second kappa shape index (κ2) is 7.60. The minimum atomic E-state index is -0.624. The van der Waals surface area contributed by atoms with Crippen LogP contribution in [-0.2, 0) is 14.9 Å². The van der Waals surface area contributed by atoms with E-state index in [2.05, 4.69) is 15.1 Å². The molecule has 2 saturated heterocycles. The molecule has 0 atom stereocenters. The Morgan fingerprint density at radius 2 is 1.74 bits per heavy atom. The molecule has 0 radical (unpaired) electrons. The number of halogens is 1. The number of benzene rings is 1. The van der Waals surface area contributed by atoms with Crippen molar-refractivity contribution in [1.29, 1.82) is 0 Å². The van der Waals surface area contributed by atoms with Gasteiger partial charge in [-0.05, 0) is 42.7 Å². The normalized spacial score (nSPS) is 19.7. The lowest BCUT2D eigenvalue weighted by Crippen LogP contribution is -2.56. The Bertz CT molecular complexity index is 770. The van der Waals surface area contributed by atoms with E-state index >= 15 is 0 Å². The van der Waals surface area contributed by atoms with Crippen LogP contribution >= 0.6 is 0 Å². The number of piperazine rings is 1. The molecule has 0 unspecified atom stereocenters. The first-order valence-corrected chi connectivity index (χ1v) is 9.35. The van der Waals surface area contributed by atoms with Gasteiger partial charge in [0, 0.05) is 45.6 Å². The highest BCUT2D eigenvalue weighted by Gasteiger charge is 2.44. The molecule has 0 spiro atoms. The average molecular weight is 370 g/mol. The molecule has 0 bridgehead atoms. The van der Waals surface area contributed by atoms with Crippen LogP contribution in [0, 0.1) is 5.82 Å². The van der Waals surface area contributed by atoms with Gasteiger partial charge in [0.25, 0.3) is 0 Å². The molecule has 2 aliphatic heterocycles. The number of nitrogens with zero attached hydrogens (tertiary/aromatic N) is 4. The molecular weight excluding hydrogens is 347 g/mol. The van der Waals surface area contributed by atoms with Crippen LogP contribution in [0.1, 0.15) is 18.4 Å². The van der Waals surface area contributed by atoms with Gasteiger partial charge >= 0.3 is 0 Å². The molecule has 3 heterocycles. The zero-order valence-electron chi connectivity index (χ0n) is 15.2. The van der Waals surface area contributed by atoms with Crippen molar-refractivity contribution in [2.24, 2.45) is 0 Å². The highest BCUT2D eigenvalue weighted by molar-refractivity contribution is 5.88. The third-order valence-electron chi connectivity index (χ3n) is 5.60. The maximum atomic E-state index is 13.5. The maximum Gasteiger partial charge on any atom is 0.233 e. The Balaban J connectivity index is 1.52. The van der Waals surface area contributed by atoms with Crippen LogP contribution in [0.25, 0.3) is 0 Å². The summed E-state index contributed by atoms with van der Waals surface area (Å²) in [7, 11) is 0. The van der Waals surface area contributed by atoms with E-state index in [0.29, 0.717) is 39.1 Å². The van der Waals surface area contributed by atoms with Crippen LogP contribution in [0.15, 0.2) is 42.6 Å². The quantitative estimate of drug-likeness (QED) is 0.827. The lowest BCUT2D eigenvalue weighted by atomic mass is 9.73. The van der Waals surface area contributed by atoms with Crippen molar-refractivity contribution < 1.29 is 13.9 Å². The van der Waals surface area contributed by atoms with Crippen molar-refractivity contribution in [3.63, 3.8) is 0 Å². The number of hydrogen-bond acceptors (Lipinski definition) is 5. The summed E-state index contributed by atoms with van der Waals surface area (Å²) in [6.45, 7) is 3.81. The Hall–Kier alpha value is -2.54. The summed E-state index contributed by atoms with van der Waals surface area (Å²) in [6.07, 6.45) is 2.91. The molecule has 0 saturated carbocycles. The van der Waals surface area contributed by atoms with Crippen molar-refractivity contribution in [2.45, 2.75) is 18.3 Å². The molecule has 4 rings (SSSR count). The Kier molecular flexibility index (Phi) is 5.03. The van der Waals surface area contributed by atoms with Crippen molar-refractivity contribution >= 4 is 11.7 Å². The summed E-state index contributed by atoms with van der Waals surface area (Å²) in [5, 5.41) is 8.08. The molecule has 27 heavy (non-hydrogen) atoms. The number of carbonyl (C=O) groups is 1. The highest BCUT2D eigenvalue weighted by Crippen LogP contribution is 2.37. The summed E-state index contributed by atoms with van der Waals surface area (Å²) in [5.41, 5.74) is 0.259. The zero-order valence-corrected chi connectivity index (χ0v) is 15.2. The molecule has 7 heteroatoms. The van der Waals surface area contributed by atoms with Crippen LogP contribution in [-0.4, -0.2) is 60.4 Å². The molecule has 1 aromatic carbocycles. The maximum absolute atomic E-state index is 13.5.